The Balaban J connectivity index is 2.14. The summed E-state index contributed by atoms with van der Waals surface area (Å²) in [5, 5.41) is 6.55. The van der Waals surface area contributed by atoms with Crippen molar-refractivity contribution in [2.75, 3.05) is 17.2 Å². The van der Waals surface area contributed by atoms with Gasteiger partial charge in [0.15, 0.2) is 0 Å². The van der Waals surface area contributed by atoms with Crippen LogP contribution in [-0.4, -0.2) is 16.5 Å². The zero-order chi connectivity index (χ0) is 13.7. The van der Waals surface area contributed by atoms with E-state index in [2.05, 4.69) is 56.4 Å². The molecule has 19 heavy (non-hydrogen) atoms. The van der Waals surface area contributed by atoms with Gasteiger partial charge in [-0.15, -0.1) is 0 Å². The molecule has 100 valence electrons. The van der Waals surface area contributed by atoms with Crippen molar-refractivity contribution in [3.63, 3.8) is 0 Å². The van der Waals surface area contributed by atoms with E-state index in [1.54, 1.807) is 6.33 Å². The van der Waals surface area contributed by atoms with E-state index in [0.29, 0.717) is 0 Å². The number of hydrogen-bond donors (Lipinski definition) is 2. The van der Waals surface area contributed by atoms with Gasteiger partial charge in [0.25, 0.3) is 0 Å². The largest absolute Gasteiger partial charge is 0.370 e. The number of nitrogens with one attached hydrogen (secondary N) is 2. The average Bonchev–Trinajstić information content (AvgIpc) is 2.40. The van der Waals surface area contributed by atoms with Crippen LogP contribution in [0.3, 0.4) is 0 Å². The number of anilines is 3. The summed E-state index contributed by atoms with van der Waals surface area (Å²) >= 11 is 3.46. The Kier molecular flexibility index (Phi) is 4.74. The molecule has 0 aliphatic rings. The molecule has 0 radical (unpaired) electrons. The number of halogens is 1. The first kappa shape index (κ1) is 13.8. The number of aromatic nitrogens is 2. The van der Waals surface area contributed by atoms with Crippen LogP contribution in [0.5, 0.6) is 0 Å². The van der Waals surface area contributed by atoms with Crippen molar-refractivity contribution in [2.24, 2.45) is 0 Å². The predicted molar refractivity (Wildman–Crippen MR) is 83.0 cm³/mol. The van der Waals surface area contributed by atoms with E-state index in [4.69, 9.17) is 0 Å². The lowest BCUT2D eigenvalue weighted by atomic mass is 10.2. The maximum atomic E-state index is 4.23. The van der Waals surface area contributed by atoms with E-state index in [1.807, 2.05) is 18.2 Å². The maximum absolute atomic E-state index is 4.23. The van der Waals surface area contributed by atoms with E-state index in [9.17, 15) is 0 Å². The molecule has 0 aliphatic heterocycles. The molecule has 0 bridgehead atoms. The minimum Gasteiger partial charge on any atom is -0.370 e. The smallest absolute Gasteiger partial charge is 0.135 e. The van der Waals surface area contributed by atoms with Gasteiger partial charge >= 0.3 is 0 Å². The van der Waals surface area contributed by atoms with Crippen molar-refractivity contribution >= 4 is 33.3 Å². The summed E-state index contributed by atoms with van der Waals surface area (Å²) in [6, 6.07) is 8.02. The average molecular weight is 321 g/mol. The van der Waals surface area contributed by atoms with Crippen LogP contribution in [0, 0.1) is 6.92 Å². The highest BCUT2D eigenvalue weighted by molar-refractivity contribution is 9.10. The third-order valence-electron chi connectivity index (χ3n) is 2.67. The molecule has 0 amide bonds. The molecule has 0 unspecified atom stereocenters. The number of rotatable bonds is 5. The lowest BCUT2D eigenvalue weighted by Gasteiger charge is -2.10. The van der Waals surface area contributed by atoms with Gasteiger partial charge in [-0.2, -0.15) is 0 Å². The summed E-state index contributed by atoms with van der Waals surface area (Å²) in [6.07, 6.45) is 2.63. The molecule has 0 saturated carbocycles. The molecular formula is C14H17BrN4. The monoisotopic (exact) mass is 320 g/mol. The number of benzene rings is 1. The van der Waals surface area contributed by atoms with Crippen LogP contribution in [0.4, 0.5) is 17.3 Å². The second-order valence-electron chi connectivity index (χ2n) is 4.30. The molecule has 0 fully saturated rings. The first-order valence-electron chi connectivity index (χ1n) is 6.28. The Morgan fingerprint density at radius 3 is 2.68 bits per heavy atom. The molecule has 2 aromatic rings. The second-order valence-corrected chi connectivity index (χ2v) is 5.22. The summed E-state index contributed by atoms with van der Waals surface area (Å²) in [4.78, 5) is 8.42. The van der Waals surface area contributed by atoms with Crippen LogP contribution < -0.4 is 10.6 Å². The van der Waals surface area contributed by atoms with Crippen molar-refractivity contribution in [1.29, 1.82) is 0 Å². The highest BCUT2D eigenvalue weighted by atomic mass is 79.9. The Morgan fingerprint density at radius 2 is 1.95 bits per heavy atom. The van der Waals surface area contributed by atoms with E-state index >= 15 is 0 Å². The minimum absolute atomic E-state index is 0.791. The van der Waals surface area contributed by atoms with Crippen LogP contribution in [0.15, 0.2) is 35.1 Å². The molecule has 0 aliphatic carbocycles. The van der Waals surface area contributed by atoms with Crippen LogP contribution in [0.25, 0.3) is 0 Å². The third-order valence-corrected chi connectivity index (χ3v) is 3.17. The minimum atomic E-state index is 0.791. The summed E-state index contributed by atoms with van der Waals surface area (Å²) < 4.78 is 1.07. The lowest BCUT2D eigenvalue weighted by molar-refractivity contribution is 0.965. The maximum Gasteiger partial charge on any atom is 0.135 e. The Bertz CT molecular complexity index is 557. The Hall–Kier alpha value is -1.62. The van der Waals surface area contributed by atoms with E-state index in [-0.39, 0.29) is 0 Å². The second kappa shape index (κ2) is 6.52. The van der Waals surface area contributed by atoms with Gasteiger partial charge < -0.3 is 10.6 Å². The molecule has 1 aromatic heterocycles. The molecule has 2 N–H and O–H groups in total. The van der Waals surface area contributed by atoms with Gasteiger partial charge in [-0.3, -0.25) is 0 Å². The van der Waals surface area contributed by atoms with Gasteiger partial charge in [-0.25, -0.2) is 9.97 Å². The van der Waals surface area contributed by atoms with Gasteiger partial charge in [0.2, 0.25) is 0 Å². The summed E-state index contributed by atoms with van der Waals surface area (Å²) in [5.74, 6) is 1.63. The predicted octanol–water partition coefficient (Wildman–Crippen LogP) is 4.11. The van der Waals surface area contributed by atoms with Crippen LogP contribution in [0.2, 0.25) is 0 Å². The van der Waals surface area contributed by atoms with E-state index in [0.717, 1.165) is 40.3 Å². The van der Waals surface area contributed by atoms with Gasteiger partial charge in [0.1, 0.15) is 18.0 Å². The van der Waals surface area contributed by atoms with E-state index in [1.165, 1.54) is 0 Å². The number of hydrogen-bond acceptors (Lipinski definition) is 4. The molecule has 0 atom stereocenters. The van der Waals surface area contributed by atoms with Gasteiger partial charge in [-0.05, 0) is 37.1 Å². The first-order valence-corrected chi connectivity index (χ1v) is 7.07. The SMILES string of the molecule is CCCNc1cc(Nc2ccc(Br)cc2C)ncn1. The fraction of sp³-hybridized carbons (Fsp3) is 0.286. The highest BCUT2D eigenvalue weighted by Crippen LogP contribution is 2.23. The summed E-state index contributed by atoms with van der Waals surface area (Å²) in [7, 11) is 0. The molecule has 4 nitrogen and oxygen atoms in total. The fourth-order valence-corrected chi connectivity index (χ4v) is 2.16. The van der Waals surface area contributed by atoms with Gasteiger partial charge in [0.05, 0.1) is 0 Å². The van der Waals surface area contributed by atoms with Crippen LogP contribution in [0.1, 0.15) is 18.9 Å². The fourth-order valence-electron chi connectivity index (χ4n) is 1.68. The molecule has 0 saturated heterocycles. The quantitative estimate of drug-likeness (QED) is 0.870. The molecule has 1 heterocycles. The normalized spacial score (nSPS) is 10.3. The zero-order valence-corrected chi connectivity index (χ0v) is 12.7. The third kappa shape index (κ3) is 3.92. The van der Waals surface area contributed by atoms with Gasteiger partial charge in [-0.1, -0.05) is 22.9 Å². The van der Waals surface area contributed by atoms with Crippen molar-refractivity contribution < 1.29 is 0 Å². The standard InChI is InChI=1S/C14H17BrN4/c1-3-6-16-13-8-14(18-9-17-13)19-12-5-4-11(15)7-10(12)2/h4-5,7-9H,3,6H2,1-2H3,(H2,16,17,18,19). The molecular weight excluding hydrogens is 304 g/mol. The summed E-state index contributed by atoms with van der Waals surface area (Å²) in [6.45, 7) is 5.09. The molecule has 5 heteroatoms. The lowest BCUT2D eigenvalue weighted by Crippen LogP contribution is -2.03. The van der Waals surface area contributed by atoms with Crippen molar-refractivity contribution in [3.05, 3.63) is 40.6 Å². The molecule has 1 aromatic carbocycles. The van der Waals surface area contributed by atoms with Gasteiger partial charge in [0, 0.05) is 22.8 Å². The summed E-state index contributed by atoms with van der Waals surface area (Å²) in [5.41, 5.74) is 2.21. The molecule has 2 rings (SSSR count). The van der Waals surface area contributed by atoms with Crippen LogP contribution in [-0.2, 0) is 0 Å². The van der Waals surface area contributed by atoms with Crippen LogP contribution >= 0.6 is 15.9 Å². The topological polar surface area (TPSA) is 49.8 Å². The molecule has 0 spiro atoms. The van der Waals surface area contributed by atoms with Crippen molar-refractivity contribution in [2.45, 2.75) is 20.3 Å². The van der Waals surface area contributed by atoms with E-state index < -0.39 is 0 Å². The first-order chi connectivity index (χ1) is 9.19. The highest BCUT2D eigenvalue weighted by Gasteiger charge is 2.02. The Morgan fingerprint density at radius 1 is 1.16 bits per heavy atom. The number of aryl methyl sites for hydroxylation is 1. The zero-order valence-electron chi connectivity index (χ0n) is 11.1. The van der Waals surface area contributed by atoms with Crippen molar-refractivity contribution in [1.82, 2.24) is 9.97 Å². The van der Waals surface area contributed by atoms with Crippen molar-refractivity contribution in [3.8, 4) is 0 Å². The number of nitrogens with zero attached hydrogens (tertiary/aromatic N) is 2. The Labute approximate surface area is 121 Å².